The highest BCUT2D eigenvalue weighted by Gasteiger charge is 2.24. The number of ether oxygens (including phenoxy) is 1. The number of carboxylic acid groups (broad SMARTS) is 1. The second-order valence-electron chi connectivity index (χ2n) is 3.35. The van der Waals surface area contributed by atoms with Gasteiger partial charge in [-0.1, -0.05) is 0 Å². The van der Waals surface area contributed by atoms with Crippen LogP contribution < -0.4 is 5.73 Å². The van der Waals surface area contributed by atoms with Gasteiger partial charge in [0.2, 0.25) is 6.10 Å². The molecule has 0 aromatic carbocycles. The van der Waals surface area contributed by atoms with E-state index in [1.165, 1.54) is 0 Å². The molecule has 4 heteroatoms. The maximum Gasteiger partial charge on any atom is 0.338 e. The molecular formula is C7H16NO3+. The molecule has 11 heavy (non-hydrogen) atoms. The Morgan fingerprint density at radius 3 is 2.18 bits per heavy atom. The van der Waals surface area contributed by atoms with E-state index in [1.807, 2.05) is 20.8 Å². The van der Waals surface area contributed by atoms with Crippen LogP contribution in [-0.4, -0.2) is 29.3 Å². The van der Waals surface area contributed by atoms with Crippen LogP contribution >= 0.6 is 0 Å². The third-order valence-corrected chi connectivity index (χ3v) is 1.03. The van der Waals surface area contributed by atoms with Crippen LogP contribution in [0.5, 0.6) is 0 Å². The smallest absolute Gasteiger partial charge is 0.338 e. The van der Waals surface area contributed by atoms with E-state index in [0.717, 1.165) is 0 Å². The highest BCUT2D eigenvalue weighted by molar-refractivity contribution is 5.72. The Hall–Kier alpha value is -0.610. The molecular weight excluding hydrogens is 146 g/mol. The van der Waals surface area contributed by atoms with Gasteiger partial charge in [-0.05, 0) is 20.8 Å². The second kappa shape index (κ2) is 3.69. The normalized spacial score (nSPS) is 14.5. The summed E-state index contributed by atoms with van der Waals surface area (Å²) in [6.45, 7) is 5.71. The van der Waals surface area contributed by atoms with Crippen molar-refractivity contribution in [1.82, 2.24) is 0 Å². The van der Waals surface area contributed by atoms with E-state index < -0.39 is 17.7 Å². The summed E-state index contributed by atoms with van der Waals surface area (Å²) >= 11 is 0. The molecule has 1 unspecified atom stereocenters. The summed E-state index contributed by atoms with van der Waals surface area (Å²) in [5.41, 5.74) is 3.07. The minimum absolute atomic E-state index is 0.257. The van der Waals surface area contributed by atoms with Crippen LogP contribution in [0.15, 0.2) is 0 Å². The van der Waals surface area contributed by atoms with Crippen molar-refractivity contribution in [3.05, 3.63) is 0 Å². The Labute approximate surface area is 66.3 Å². The topological polar surface area (TPSA) is 74.2 Å². The molecule has 4 nitrogen and oxygen atoms in total. The number of aliphatic carboxylic acids is 1. The van der Waals surface area contributed by atoms with Crippen LogP contribution in [-0.2, 0) is 9.53 Å². The monoisotopic (exact) mass is 162 g/mol. The number of carbonyl (C=O) groups is 1. The van der Waals surface area contributed by atoms with Gasteiger partial charge in [-0.25, -0.2) is 4.79 Å². The molecule has 0 aliphatic rings. The van der Waals surface area contributed by atoms with Crippen LogP contribution in [0.25, 0.3) is 0 Å². The van der Waals surface area contributed by atoms with Crippen LogP contribution in [0, 0.1) is 0 Å². The van der Waals surface area contributed by atoms with E-state index in [2.05, 4.69) is 5.73 Å². The maximum absolute atomic E-state index is 10.4. The predicted octanol–water partition coefficient (Wildman–Crippen LogP) is -0.503. The first-order chi connectivity index (χ1) is 4.87. The lowest BCUT2D eigenvalue weighted by Gasteiger charge is -2.22. The fourth-order valence-corrected chi connectivity index (χ4v) is 0.660. The van der Waals surface area contributed by atoms with Crippen molar-refractivity contribution in [2.45, 2.75) is 32.5 Å². The number of hydrogen-bond donors (Lipinski definition) is 2. The lowest BCUT2D eigenvalue weighted by molar-refractivity contribution is -0.387. The van der Waals surface area contributed by atoms with E-state index in [4.69, 9.17) is 9.84 Å². The summed E-state index contributed by atoms with van der Waals surface area (Å²) in [6.07, 6.45) is -0.782. The summed E-state index contributed by atoms with van der Waals surface area (Å²) in [4.78, 5) is 10.4. The van der Waals surface area contributed by atoms with Gasteiger partial charge in [-0.3, -0.25) is 0 Å². The Bertz CT molecular complexity index is 139. The summed E-state index contributed by atoms with van der Waals surface area (Å²) in [7, 11) is 0. The number of hydrogen-bond acceptors (Lipinski definition) is 2. The van der Waals surface area contributed by atoms with Gasteiger partial charge in [0.25, 0.3) is 0 Å². The fraction of sp³-hybridized carbons (Fsp3) is 0.857. The summed E-state index contributed by atoms with van der Waals surface area (Å²) in [6, 6.07) is 0. The average molecular weight is 162 g/mol. The molecule has 0 aliphatic heterocycles. The third-order valence-electron chi connectivity index (χ3n) is 1.03. The van der Waals surface area contributed by atoms with E-state index in [-0.39, 0.29) is 6.54 Å². The van der Waals surface area contributed by atoms with Crippen molar-refractivity contribution < 1.29 is 20.4 Å². The molecule has 0 aliphatic carbocycles. The molecule has 1 atom stereocenters. The highest BCUT2D eigenvalue weighted by atomic mass is 16.5. The molecule has 0 aromatic heterocycles. The lowest BCUT2D eigenvalue weighted by atomic mass is 10.2. The van der Waals surface area contributed by atoms with E-state index in [9.17, 15) is 4.79 Å². The molecule has 0 fully saturated rings. The Morgan fingerprint density at radius 2 is 2.09 bits per heavy atom. The zero-order chi connectivity index (χ0) is 9.07. The molecule has 4 N–H and O–H groups in total. The van der Waals surface area contributed by atoms with Gasteiger partial charge >= 0.3 is 5.97 Å². The van der Waals surface area contributed by atoms with Crippen LogP contribution in [0.1, 0.15) is 20.8 Å². The second-order valence-corrected chi connectivity index (χ2v) is 3.35. The van der Waals surface area contributed by atoms with Crippen molar-refractivity contribution in [2.24, 2.45) is 0 Å². The molecule has 66 valence electrons. The Morgan fingerprint density at radius 1 is 1.64 bits per heavy atom. The van der Waals surface area contributed by atoms with E-state index in [0.29, 0.717) is 0 Å². The van der Waals surface area contributed by atoms with Crippen molar-refractivity contribution >= 4 is 5.97 Å². The molecule has 0 saturated heterocycles. The van der Waals surface area contributed by atoms with Gasteiger partial charge in [0.05, 0.1) is 5.60 Å². The minimum Gasteiger partial charge on any atom is -0.479 e. The molecule has 0 aromatic rings. The molecule has 0 amide bonds. The van der Waals surface area contributed by atoms with Crippen molar-refractivity contribution in [3.63, 3.8) is 0 Å². The third kappa shape index (κ3) is 4.75. The Balaban J connectivity index is 3.99. The molecule has 0 saturated carbocycles. The minimum atomic E-state index is -0.949. The Kier molecular flexibility index (Phi) is 3.48. The molecule has 0 radical (unpaired) electrons. The molecule has 0 bridgehead atoms. The first-order valence-corrected chi connectivity index (χ1v) is 3.56. The van der Waals surface area contributed by atoms with E-state index in [1.54, 1.807) is 0 Å². The van der Waals surface area contributed by atoms with Gasteiger partial charge in [-0.2, -0.15) is 0 Å². The van der Waals surface area contributed by atoms with Crippen molar-refractivity contribution in [2.75, 3.05) is 6.54 Å². The molecule has 0 heterocycles. The fourth-order valence-electron chi connectivity index (χ4n) is 0.660. The maximum atomic E-state index is 10.4. The summed E-state index contributed by atoms with van der Waals surface area (Å²) in [5, 5.41) is 8.57. The zero-order valence-corrected chi connectivity index (χ0v) is 7.26. The van der Waals surface area contributed by atoms with Crippen LogP contribution in [0.3, 0.4) is 0 Å². The lowest BCUT2D eigenvalue weighted by Crippen LogP contribution is -2.59. The predicted molar refractivity (Wildman–Crippen MR) is 40.0 cm³/mol. The zero-order valence-electron chi connectivity index (χ0n) is 7.26. The van der Waals surface area contributed by atoms with Crippen molar-refractivity contribution in [3.8, 4) is 0 Å². The average Bonchev–Trinajstić information content (AvgIpc) is 1.80. The highest BCUT2D eigenvalue weighted by Crippen LogP contribution is 2.09. The van der Waals surface area contributed by atoms with Gasteiger partial charge in [0.15, 0.2) is 0 Å². The molecule has 0 spiro atoms. The number of carboxylic acids is 1. The quantitative estimate of drug-likeness (QED) is 0.587. The first-order valence-electron chi connectivity index (χ1n) is 3.56. The summed E-state index contributed by atoms with van der Waals surface area (Å²) in [5.74, 6) is -0.949. The van der Waals surface area contributed by atoms with Gasteiger partial charge in [-0.15, -0.1) is 0 Å². The number of quaternary nitrogens is 1. The first kappa shape index (κ1) is 10.4. The standard InChI is InChI=1S/C7H15NO3/c1-7(2,3)11-5(4-8)6(9)10/h5H,4,8H2,1-3H3,(H,9,10)/p+1. The van der Waals surface area contributed by atoms with Gasteiger partial charge in [0.1, 0.15) is 6.54 Å². The SMILES string of the molecule is CC(C)(C)OC(C[NH3+])C(=O)O. The van der Waals surface area contributed by atoms with Crippen LogP contribution in [0.2, 0.25) is 0 Å². The molecule has 0 rings (SSSR count). The van der Waals surface area contributed by atoms with Crippen molar-refractivity contribution in [1.29, 1.82) is 0 Å². The van der Waals surface area contributed by atoms with Gasteiger partial charge < -0.3 is 15.6 Å². The summed E-state index contributed by atoms with van der Waals surface area (Å²) < 4.78 is 5.19. The van der Waals surface area contributed by atoms with E-state index >= 15 is 0 Å². The largest absolute Gasteiger partial charge is 0.479 e. The number of rotatable bonds is 3. The van der Waals surface area contributed by atoms with Crippen LogP contribution in [0.4, 0.5) is 0 Å². The van der Waals surface area contributed by atoms with Gasteiger partial charge in [0, 0.05) is 0 Å².